The number of halogens is 1. The first-order valence-corrected chi connectivity index (χ1v) is 3.91. The summed E-state index contributed by atoms with van der Waals surface area (Å²) < 4.78 is 4.88. The maximum absolute atomic E-state index is 10.4. The third kappa shape index (κ3) is 3.41. The molecule has 0 aliphatic heterocycles. The van der Waals surface area contributed by atoms with Crippen molar-refractivity contribution in [3.05, 3.63) is 0 Å². The van der Waals surface area contributed by atoms with Crippen molar-refractivity contribution in [2.24, 2.45) is 5.92 Å². The number of hydrogen-bond donors (Lipinski definition) is 0. The number of hydrogen-bond acceptors (Lipinski definition) is 3. The van der Waals surface area contributed by atoms with Crippen molar-refractivity contribution >= 4 is 18.4 Å². The van der Waals surface area contributed by atoms with E-state index in [1.54, 1.807) is 0 Å². The van der Waals surface area contributed by atoms with Crippen molar-refractivity contribution in [2.45, 2.75) is 19.4 Å². The number of nitrogens with zero attached hydrogens (tertiary/aromatic N) is 1. The quantitative estimate of drug-likeness (QED) is 0.625. The van der Waals surface area contributed by atoms with Gasteiger partial charge < -0.3 is 9.64 Å². The maximum Gasteiger partial charge on any atom is 0.302 e. The van der Waals surface area contributed by atoms with Gasteiger partial charge in [0, 0.05) is 18.9 Å². The molecule has 0 aromatic heterocycles. The fourth-order valence-electron chi connectivity index (χ4n) is 1.27. The van der Waals surface area contributed by atoms with Crippen LogP contribution in [0.1, 0.15) is 13.3 Å². The Morgan fingerprint density at radius 2 is 2.17 bits per heavy atom. The second-order valence-electron chi connectivity index (χ2n) is 3.33. The summed E-state index contributed by atoms with van der Waals surface area (Å²) in [5.41, 5.74) is 0. The minimum absolute atomic E-state index is 0. The zero-order valence-corrected chi connectivity index (χ0v) is 8.56. The van der Waals surface area contributed by atoms with E-state index < -0.39 is 0 Å². The second kappa shape index (κ2) is 4.67. The van der Waals surface area contributed by atoms with E-state index in [0.717, 1.165) is 0 Å². The van der Waals surface area contributed by atoms with E-state index in [2.05, 4.69) is 19.0 Å². The summed E-state index contributed by atoms with van der Waals surface area (Å²) in [6.45, 7) is 2.05. The lowest BCUT2D eigenvalue weighted by Gasteiger charge is -2.07. The summed E-state index contributed by atoms with van der Waals surface area (Å²) in [5.74, 6) is 0.406. The van der Waals surface area contributed by atoms with Gasteiger partial charge in [0.1, 0.15) is 0 Å². The van der Waals surface area contributed by atoms with Gasteiger partial charge in [0.05, 0.1) is 6.61 Å². The minimum atomic E-state index is -0.172. The van der Waals surface area contributed by atoms with Crippen LogP contribution in [0.3, 0.4) is 0 Å². The van der Waals surface area contributed by atoms with Gasteiger partial charge in [0.2, 0.25) is 0 Å². The van der Waals surface area contributed by atoms with Crippen LogP contribution in [-0.4, -0.2) is 37.6 Å². The van der Waals surface area contributed by atoms with E-state index in [1.807, 2.05) is 0 Å². The third-order valence-corrected chi connectivity index (χ3v) is 2.05. The molecule has 1 aliphatic carbocycles. The SMILES string of the molecule is CC(=O)OCC1CC1N(C)C.Cl. The number of ether oxygens (including phenoxy) is 1. The Bertz CT molecular complexity index is 161. The molecule has 0 bridgehead atoms. The van der Waals surface area contributed by atoms with Crippen LogP contribution in [0.2, 0.25) is 0 Å². The van der Waals surface area contributed by atoms with Crippen LogP contribution in [0.15, 0.2) is 0 Å². The molecule has 72 valence electrons. The summed E-state index contributed by atoms with van der Waals surface area (Å²) in [5, 5.41) is 0. The van der Waals surface area contributed by atoms with Gasteiger partial charge in [-0.15, -0.1) is 12.4 Å². The first kappa shape index (κ1) is 11.7. The molecule has 0 saturated heterocycles. The first-order chi connectivity index (χ1) is 5.11. The molecule has 2 atom stereocenters. The van der Waals surface area contributed by atoms with Crippen molar-refractivity contribution < 1.29 is 9.53 Å². The number of carbonyl (C=O) groups excluding carboxylic acids is 1. The molecule has 1 saturated carbocycles. The number of rotatable bonds is 3. The zero-order chi connectivity index (χ0) is 8.43. The maximum atomic E-state index is 10.4. The predicted molar refractivity (Wildman–Crippen MR) is 49.5 cm³/mol. The van der Waals surface area contributed by atoms with Gasteiger partial charge in [0.25, 0.3) is 0 Å². The van der Waals surface area contributed by atoms with E-state index in [1.165, 1.54) is 13.3 Å². The van der Waals surface area contributed by atoms with Gasteiger partial charge in [-0.3, -0.25) is 4.79 Å². The lowest BCUT2D eigenvalue weighted by Crippen LogP contribution is -2.18. The molecule has 0 aromatic carbocycles. The zero-order valence-electron chi connectivity index (χ0n) is 7.74. The fourth-order valence-corrected chi connectivity index (χ4v) is 1.27. The Labute approximate surface area is 79.5 Å². The average Bonchev–Trinajstić information content (AvgIpc) is 2.61. The van der Waals surface area contributed by atoms with Crippen LogP contribution < -0.4 is 0 Å². The topological polar surface area (TPSA) is 29.5 Å². The molecule has 0 N–H and O–H groups in total. The molecule has 3 nitrogen and oxygen atoms in total. The highest BCUT2D eigenvalue weighted by Crippen LogP contribution is 2.34. The highest BCUT2D eigenvalue weighted by atomic mass is 35.5. The van der Waals surface area contributed by atoms with Gasteiger partial charge >= 0.3 is 5.97 Å². The Balaban J connectivity index is 0.00000121. The Morgan fingerprint density at radius 3 is 2.50 bits per heavy atom. The molecule has 0 heterocycles. The summed E-state index contributed by atoms with van der Waals surface area (Å²) in [6.07, 6.45) is 1.17. The van der Waals surface area contributed by atoms with Crippen LogP contribution in [0.25, 0.3) is 0 Å². The normalized spacial score (nSPS) is 26.3. The van der Waals surface area contributed by atoms with Gasteiger partial charge in [-0.25, -0.2) is 0 Å². The smallest absolute Gasteiger partial charge is 0.302 e. The van der Waals surface area contributed by atoms with Crippen molar-refractivity contribution in [3.63, 3.8) is 0 Å². The monoisotopic (exact) mass is 193 g/mol. The number of esters is 1. The summed E-state index contributed by atoms with van der Waals surface area (Å²) in [6, 6.07) is 0.634. The highest BCUT2D eigenvalue weighted by molar-refractivity contribution is 5.85. The van der Waals surface area contributed by atoms with Gasteiger partial charge in [0.15, 0.2) is 0 Å². The fraction of sp³-hybridized carbons (Fsp3) is 0.875. The van der Waals surface area contributed by atoms with Crippen molar-refractivity contribution in [1.29, 1.82) is 0 Å². The average molecular weight is 194 g/mol. The molecule has 1 rings (SSSR count). The Hall–Kier alpha value is -0.280. The largest absolute Gasteiger partial charge is 0.466 e. The predicted octanol–water partition coefficient (Wildman–Crippen LogP) is 0.921. The highest BCUT2D eigenvalue weighted by Gasteiger charge is 2.39. The van der Waals surface area contributed by atoms with Crippen LogP contribution in [0.4, 0.5) is 0 Å². The molecule has 1 aliphatic rings. The van der Waals surface area contributed by atoms with E-state index >= 15 is 0 Å². The van der Waals surface area contributed by atoms with Crippen LogP contribution in [-0.2, 0) is 9.53 Å². The molecule has 0 spiro atoms. The first-order valence-electron chi connectivity index (χ1n) is 3.91. The lowest BCUT2D eigenvalue weighted by atomic mass is 10.4. The molecule has 2 unspecified atom stereocenters. The van der Waals surface area contributed by atoms with Crippen molar-refractivity contribution in [1.82, 2.24) is 4.90 Å². The number of carbonyl (C=O) groups is 1. The molecular formula is C8H16ClNO2. The minimum Gasteiger partial charge on any atom is -0.466 e. The molecule has 1 fully saturated rings. The Morgan fingerprint density at radius 1 is 1.58 bits per heavy atom. The lowest BCUT2D eigenvalue weighted by molar-refractivity contribution is -0.141. The summed E-state index contributed by atoms with van der Waals surface area (Å²) in [4.78, 5) is 12.6. The van der Waals surface area contributed by atoms with E-state index in [0.29, 0.717) is 18.6 Å². The molecular weight excluding hydrogens is 178 g/mol. The summed E-state index contributed by atoms with van der Waals surface area (Å²) in [7, 11) is 4.11. The van der Waals surface area contributed by atoms with Gasteiger partial charge in [-0.2, -0.15) is 0 Å². The van der Waals surface area contributed by atoms with Gasteiger partial charge in [-0.05, 0) is 20.5 Å². The third-order valence-electron chi connectivity index (χ3n) is 2.05. The van der Waals surface area contributed by atoms with E-state index in [-0.39, 0.29) is 18.4 Å². The van der Waals surface area contributed by atoms with Crippen LogP contribution >= 0.6 is 12.4 Å². The standard InChI is InChI=1S/C8H15NO2.ClH/c1-6(10)11-5-7-4-8(7)9(2)3;/h7-8H,4-5H2,1-3H3;1H. The summed E-state index contributed by atoms with van der Waals surface area (Å²) >= 11 is 0. The van der Waals surface area contributed by atoms with Crippen molar-refractivity contribution in [2.75, 3.05) is 20.7 Å². The van der Waals surface area contributed by atoms with Crippen molar-refractivity contribution in [3.8, 4) is 0 Å². The second-order valence-corrected chi connectivity index (χ2v) is 3.33. The van der Waals surface area contributed by atoms with E-state index in [4.69, 9.17) is 4.74 Å². The van der Waals surface area contributed by atoms with Crippen LogP contribution in [0.5, 0.6) is 0 Å². The molecule has 0 radical (unpaired) electrons. The molecule has 4 heteroatoms. The molecule has 0 aromatic rings. The molecule has 0 amide bonds. The Kier molecular flexibility index (Phi) is 4.57. The van der Waals surface area contributed by atoms with Crippen LogP contribution in [0, 0.1) is 5.92 Å². The van der Waals surface area contributed by atoms with Gasteiger partial charge in [-0.1, -0.05) is 0 Å². The molecule has 12 heavy (non-hydrogen) atoms. The van der Waals surface area contributed by atoms with E-state index in [9.17, 15) is 4.79 Å².